The smallest absolute Gasteiger partial charge is 0.278 e. The van der Waals surface area contributed by atoms with Crippen molar-refractivity contribution in [1.82, 2.24) is 19.5 Å². The van der Waals surface area contributed by atoms with Crippen LogP contribution in [-0.4, -0.2) is 25.9 Å². The van der Waals surface area contributed by atoms with E-state index in [1.165, 1.54) is 6.33 Å². The molecule has 2 N–H and O–H groups in total. The molecule has 0 atom stereocenters. The van der Waals surface area contributed by atoms with Crippen molar-refractivity contribution in [3.05, 3.63) is 52.8 Å². The molecule has 20 heavy (non-hydrogen) atoms. The van der Waals surface area contributed by atoms with Crippen LogP contribution in [-0.2, 0) is 11.3 Å². The van der Waals surface area contributed by atoms with Crippen LogP contribution in [0.25, 0.3) is 11.2 Å². The highest BCUT2D eigenvalue weighted by Crippen LogP contribution is 2.13. The lowest BCUT2D eigenvalue weighted by molar-refractivity contribution is -0.105. The number of rotatable bonds is 4. The molecule has 0 aliphatic rings. The molecular weight excluding hydrogens is 258 g/mol. The summed E-state index contributed by atoms with van der Waals surface area (Å²) in [5.41, 5.74) is 2.27. The molecule has 2 aromatic heterocycles. The minimum Gasteiger partial charge on any atom is -0.329 e. The fourth-order valence-corrected chi connectivity index (χ4v) is 2.03. The van der Waals surface area contributed by atoms with Gasteiger partial charge in [-0.05, 0) is 17.7 Å². The molecule has 100 valence electrons. The Bertz CT molecular complexity index is 821. The Balaban J connectivity index is 1.97. The summed E-state index contributed by atoms with van der Waals surface area (Å²) in [7, 11) is 0. The maximum Gasteiger partial charge on any atom is 0.278 e. The van der Waals surface area contributed by atoms with Gasteiger partial charge in [-0.15, -0.1) is 0 Å². The first-order valence-electron chi connectivity index (χ1n) is 5.95. The minimum atomic E-state index is -0.259. The van der Waals surface area contributed by atoms with Crippen molar-refractivity contribution in [2.45, 2.75) is 6.54 Å². The van der Waals surface area contributed by atoms with Crippen LogP contribution in [0.4, 0.5) is 5.69 Å². The summed E-state index contributed by atoms with van der Waals surface area (Å²) < 4.78 is 1.78. The summed E-state index contributed by atoms with van der Waals surface area (Å²) in [6.07, 6.45) is 3.56. The van der Waals surface area contributed by atoms with E-state index in [2.05, 4.69) is 20.3 Å². The summed E-state index contributed by atoms with van der Waals surface area (Å²) in [6, 6.07) is 7.43. The highest BCUT2D eigenvalue weighted by molar-refractivity contribution is 5.71. The topological polar surface area (TPSA) is 92.7 Å². The zero-order chi connectivity index (χ0) is 13.9. The highest BCUT2D eigenvalue weighted by atomic mass is 16.1. The van der Waals surface area contributed by atoms with Gasteiger partial charge in [0, 0.05) is 5.69 Å². The van der Waals surface area contributed by atoms with E-state index in [-0.39, 0.29) is 5.56 Å². The minimum absolute atomic E-state index is 0.259. The van der Waals surface area contributed by atoms with Crippen molar-refractivity contribution in [1.29, 1.82) is 0 Å². The van der Waals surface area contributed by atoms with Gasteiger partial charge in [0.1, 0.15) is 0 Å². The first-order valence-corrected chi connectivity index (χ1v) is 5.95. The first kappa shape index (κ1) is 12.1. The third-order valence-corrected chi connectivity index (χ3v) is 2.91. The number of fused-ring (bicyclic) bond motifs is 1. The van der Waals surface area contributed by atoms with E-state index in [4.69, 9.17) is 0 Å². The molecule has 3 rings (SSSR count). The van der Waals surface area contributed by atoms with Crippen molar-refractivity contribution < 1.29 is 4.79 Å². The van der Waals surface area contributed by atoms with E-state index in [9.17, 15) is 9.59 Å². The third kappa shape index (κ3) is 2.16. The Labute approximate surface area is 113 Å². The van der Waals surface area contributed by atoms with Crippen LogP contribution in [0.2, 0.25) is 0 Å². The number of hydrogen-bond acceptors (Lipinski definition) is 4. The number of H-pyrrole nitrogens is 1. The van der Waals surface area contributed by atoms with Crippen LogP contribution in [0.1, 0.15) is 5.56 Å². The van der Waals surface area contributed by atoms with Crippen LogP contribution in [0.5, 0.6) is 0 Å². The average Bonchev–Trinajstić information content (AvgIpc) is 2.84. The molecule has 0 saturated carbocycles. The monoisotopic (exact) mass is 269 g/mol. The molecule has 7 heteroatoms. The molecule has 0 fully saturated rings. The van der Waals surface area contributed by atoms with E-state index < -0.39 is 0 Å². The van der Waals surface area contributed by atoms with E-state index in [1.54, 1.807) is 17.0 Å². The van der Waals surface area contributed by atoms with Gasteiger partial charge in [-0.25, -0.2) is 9.97 Å². The summed E-state index contributed by atoms with van der Waals surface area (Å²) in [4.78, 5) is 32.7. The number of carbonyl (C=O) groups excluding carboxylic acids is 1. The molecular formula is C13H11N5O2. The zero-order valence-corrected chi connectivity index (χ0v) is 10.4. The Hall–Kier alpha value is -2.96. The van der Waals surface area contributed by atoms with Crippen LogP contribution in [0.15, 0.2) is 41.7 Å². The molecule has 3 aromatic rings. The second-order valence-corrected chi connectivity index (χ2v) is 4.24. The van der Waals surface area contributed by atoms with Crippen LogP contribution >= 0.6 is 0 Å². The van der Waals surface area contributed by atoms with Gasteiger partial charge in [-0.1, -0.05) is 12.1 Å². The number of nitrogens with one attached hydrogen (secondary N) is 2. The van der Waals surface area contributed by atoms with Crippen molar-refractivity contribution in [3.8, 4) is 0 Å². The Morgan fingerprint density at radius 1 is 1.35 bits per heavy atom. The van der Waals surface area contributed by atoms with Crippen molar-refractivity contribution in [3.63, 3.8) is 0 Å². The number of amides is 1. The number of anilines is 1. The van der Waals surface area contributed by atoms with Gasteiger partial charge in [-0.2, -0.15) is 0 Å². The molecule has 2 heterocycles. The van der Waals surface area contributed by atoms with Crippen molar-refractivity contribution >= 4 is 23.3 Å². The predicted octanol–water partition coefficient (Wildman–Crippen LogP) is 0.736. The number of nitrogens with zero attached hydrogens (tertiary/aromatic N) is 3. The van der Waals surface area contributed by atoms with Crippen molar-refractivity contribution in [2.24, 2.45) is 0 Å². The fourth-order valence-electron chi connectivity index (χ4n) is 2.03. The number of hydrogen-bond donors (Lipinski definition) is 2. The second kappa shape index (κ2) is 4.96. The van der Waals surface area contributed by atoms with Crippen LogP contribution < -0.4 is 10.9 Å². The molecule has 0 bridgehead atoms. The van der Waals surface area contributed by atoms with Gasteiger partial charge < -0.3 is 14.9 Å². The second-order valence-electron chi connectivity index (χ2n) is 4.24. The summed E-state index contributed by atoms with van der Waals surface area (Å²) in [5, 5.41) is 2.60. The largest absolute Gasteiger partial charge is 0.329 e. The number of carbonyl (C=O) groups is 1. The molecule has 0 spiro atoms. The molecule has 0 unspecified atom stereocenters. The standard InChI is InChI=1S/C13H11N5O2/c19-8-17-10-3-1-2-9(4-10)5-18-7-16-11-12(18)14-6-15-13(11)20/h1-4,6-8H,5H2,(H,17,19)(H,14,15,20). The third-order valence-electron chi connectivity index (χ3n) is 2.91. The molecule has 1 amide bonds. The van der Waals surface area contributed by atoms with Crippen molar-refractivity contribution in [2.75, 3.05) is 5.32 Å². The van der Waals surface area contributed by atoms with Gasteiger partial charge in [0.25, 0.3) is 5.56 Å². The Kier molecular flexibility index (Phi) is 3.00. The molecule has 7 nitrogen and oxygen atoms in total. The highest BCUT2D eigenvalue weighted by Gasteiger charge is 2.07. The van der Waals surface area contributed by atoms with Gasteiger partial charge in [0.05, 0.1) is 19.2 Å². The quantitative estimate of drug-likeness (QED) is 0.683. The molecule has 1 aromatic carbocycles. The number of benzene rings is 1. The zero-order valence-electron chi connectivity index (χ0n) is 10.4. The lowest BCUT2D eigenvalue weighted by atomic mass is 10.2. The summed E-state index contributed by atoms with van der Waals surface area (Å²) >= 11 is 0. The van der Waals surface area contributed by atoms with E-state index in [0.29, 0.717) is 29.8 Å². The molecule has 0 aliphatic carbocycles. The SMILES string of the molecule is O=CNc1cccc(Cn2cnc3c(=O)[nH]cnc32)c1. The summed E-state index contributed by atoms with van der Waals surface area (Å²) in [5.74, 6) is 0. The van der Waals surface area contributed by atoms with E-state index in [0.717, 1.165) is 5.56 Å². The van der Waals surface area contributed by atoms with Gasteiger partial charge in [-0.3, -0.25) is 9.59 Å². The predicted molar refractivity (Wildman–Crippen MR) is 73.4 cm³/mol. The number of aromatic nitrogens is 4. The summed E-state index contributed by atoms with van der Waals surface area (Å²) in [6.45, 7) is 0.515. The maximum absolute atomic E-state index is 11.6. The molecule has 0 radical (unpaired) electrons. The van der Waals surface area contributed by atoms with Crippen LogP contribution in [0.3, 0.4) is 0 Å². The lowest BCUT2D eigenvalue weighted by Gasteiger charge is -2.05. The van der Waals surface area contributed by atoms with Gasteiger partial charge in [0.2, 0.25) is 6.41 Å². The normalized spacial score (nSPS) is 10.6. The Morgan fingerprint density at radius 2 is 2.25 bits per heavy atom. The van der Waals surface area contributed by atoms with E-state index >= 15 is 0 Å². The molecule has 0 aliphatic heterocycles. The average molecular weight is 269 g/mol. The fraction of sp³-hybridized carbons (Fsp3) is 0.0769. The first-order chi connectivity index (χ1) is 9.78. The van der Waals surface area contributed by atoms with Gasteiger partial charge in [0.15, 0.2) is 11.2 Å². The lowest BCUT2D eigenvalue weighted by Crippen LogP contribution is -2.08. The Morgan fingerprint density at radius 3 is 3.10 bits per heavy atom. The number of aromatic amines is 1. The van der Waals surface area contributed by atoms with Gasteiger partial charge >= 0.3 is 0 Å². The number of imidazole rings is 1. The molecule has 0 saturated heterocycles. The maximum atomic E-state index is 11.6. The van der Waals surface area contributed by atoms with Crippen LogP contribution in [0, 0.1) is 0 Å². The van der Waals surface area contributed by atoms with E-state index in [1.807, 2.05) is 18.2 Å².